The average Bonchev–Trinajstić information content (AvgIpc) is 3.27. The summed E-state index contributed by atoms with van der Waals surface area (Å²) < 4.78 is 12.1. The fourth-order valence-corrected chi connectivity index (χ4v) is 4.30. The second-order valence-corrected chi connectivity index (χ2v) is 8.02. The number of methoxy groups -OCH3 is 1. The Labute approximate surface area is 157 Å². The quantitative estimate of drug-likeness (QED) is 0.507. The first-order valence-corrected chi connectivity index (χ1v) is 9.64. The van der Waals surface area contributed by atoms with E-state index in [4.69, 9.17) is 9.15 Å². The van der Waals surface area contributed by atoms with E-state index in [9.17, 15) is 4.79 Å². The van der Waals surface area contributed by atoms with Gasteiger partial charge in [0.05, 0.1) is 18.0 Å². The van der Waals surface area contributed by atoms with Crippen LogP contribution < -0.4 is 10.1 Å². The third kappa shape index (κ3) is 3.13. The van der Waals surface area contributed by atoms with E-state index < -0.39 is 0 Å². The molecule has 0 spiro atoms. The van der Waals surface area contributed by atoms with Gasteiger partial charge in [0.2, 0.25) is 5.91 Å². The molecule has 4 rings (SSSR count). The number of ether oxygens (including phenoxy) is 1. The number of hydrogen-bond donors (Lipinski definition) is 1. The summed E-state index contributed by atoms with van der Waals surface area (Å²) in [5, 5.41) is 12.3. The highest BCUT2D eigenvalue weighted by Gasteiger charge is 2.19. The molecule has 2 aromatic heterocycles. The third-order valence-corrected chi connectivity index (χ3v) is 5.85. The summed E-state index contributed by atoms with van der Waals surface area (Å²) in [5.74, 6) is 0.449. The minimum absolute atomic E-state index is 0.140. The molecule has 0 saturated carbocycles. The number of anilines is 1. The number of hydrogen-bond acceptors (Lipinski definition) is 7. The van der Waals surface area contributed by atoms with Crippen LogP contribution >= 0.6 is 23.1 Å². The smallest absolute Gasteiger partial charge is 0.237 e. The number of thioether (sulfide) groups is 1. The van der Waals surface area contributed by atoms with E-state index in [-0.39, 0.29) is 11.2 Å². The lowest BCUT2D eigenvalue weighted by Gasteiger charge is -2.13. The number of amides is 1. The lowest BCUT2D eigenvalue weighted by Crippen LogP contribution is -2.22. The molecule has 2 heterocycles. The maximum Gasteiger partial charge on any atom is 0.237 e. The van der Waals surface area contributed by atoms with Gasteiger partial charge in [-0.15, -0.1) is 10.2 Å². The molecule has 0 aliphatic rings. The van der Waals surface area contributed by atoms with Crippen LogP contribution in [0.3, 0.4) is 0 Å². The lowest BCUT2D eigenvalue weighted by molar-refractivity contribution is -0.115. The van der Waals surface area contributed by atoms with Gasteiger partial charge < -0.3 is 14.5 Å². The maximum atomic E-state index is 12.6. The topological polar surface area (TPSA) is 77.2 Å². The number of benzene rings is 2. The molecule has 6 nitrogen and oxygen atoms in total. The monoisotopic (exact) mass is 385 g/mol. The first kappa shape index (κ1) is 16.9. The molecule has 0 aliphatic carbocycles. The van der Waals surface area contributed by atoms with Gasteiger partial charge in [0, 0.05) is 16.8 Å². The molecule has 26 heavy (non-hydrogen) atoms. The van der Waals surface area contributed by atoms with Gasteiger partial charge in [0.25, 0.3) is 0 Å². The van der Waals surface area contributed by atoms with E-state index in [2.05, 4.69) is 15.5 Å². The zero-order chi connectivity index (χ0) is 18.1. The molecule has 1 N–H and O–H groups in total. The van der Waals surface area contributed by atoms with Crippen LogP contribution in [-0.4, -0.2) is 28.5 Å². The molecule has 2 aromatic carbocycles. The van der Waals surface area contributed by atoms with Crippen molar-refractivity contribution in [2.45, 2.75) is 16.5 Å². The number of nitrogens with one attached hydrogen (secondary N) is 1. The van der Waals surface area contributed by atoms with Crippen LogP contribution in [-0.2, 0) is 4.79 Å². The molecule has 1 amide bonds. The average molecular weight is 385 g/mol. The van der Waals surface area contributed by atoms with E-state index >= 15 is 0 Å². The third-order valence-electron chi connectivity index (χ3n) is 3.94. The second-order valence-electron chi connectivity index (χ2n) is 5.60. The van der Waals surface area contributed by atoms with Crippen LogP contribution in [0.4, 0.5) is 5.69 Å². The number of para-hydroxylation sites is 1. The van der Waals surface area contributed by atoms with Crippen LogP contribution in [0.25, 0.3) is 21.9 Å². The molecule has 8 heteroatoms. The van der Waals surface area contributed by atoms with Gasteiger partial charge >= 0.3 is 0 Å². The summed E-state index contributed by atoms with van der Waals surface area (Å²) in [6.45, 7) is 1.83. The molecule has 0 aliphatic heterocycles. The van der Waals surface area contributed by atoms with Crippen molar-refractivity contribution < 1.29 is 13.9 Å². The van der Waals surface area contributed by atoms with Gasteiger partial charge in [-0.25, -0.2) is 0 Å². The first-order valence-electron chi connectivity index (χ1n) is 7.88. The Balaban J connectivity index is 1.64. The fourth-order valence-electron chi connectivity index (χ4n) is 2.67. The van der Waals surface area contributed by atoms with E-state index in [1.165, 1.54) is 23.1 Å². The number of aromatic nitrogens is 2. The minimum atomic E-state index is -0.320. The van der Waals surface area contributed by atoms with Gasteiger partial charge in [-0.3, -0.25) is 4.79 Å². The lowest BCUT2D eigenvalue weighted by atomic mass is 10.1. The van der Waals surface area contributed by atoms with Gasteiger partial charge in [0.15, 0.2) is 4.34 Å². The van der Waals surface area contributed by atoms with E-state index in [0.29, 0.717) is 17.0 Å². The Morgan fingerprint density at radius 1 is 1.27 bits per heavy atom. The van der Waals surface area contributed by atoms with Crippen molar-refractivity contribution in [3.63, 3.8) is 0 Å². The Bertz CT molecular complexity index is 1080. The van der Waals surface area contributed by atoms with Gasteiger partial charge in [0.1, 0.15) is 22.4 Å². The van der Waals surface area contributed by atoms with Crippen molar-refractivity contribution in [1.29, 1.82) is 0 Å². The molecule has 1 unspecified atom stereocenters. The Morgan fingerprint density at radius 3 is 2.88 bits per heavy atom. The summed E-state index contributed by atoms with van der Waals surface area (Å²) in [6, 6.07) is 11.5. The van der Waals surface area contributed by atoms with Crippen LogP contribution in [0, 0.1) is 0 Å². The zero-order valence-corrected chi connectivity index (χ0v) is 15.7. The molecule has 4 aromatic rings. The van der Waals surface area contributed by atoms with E-state index in [1.54, 1.807) is 18.7 Å². The maximum absolute atomic E-state index is 12.6. The Morgan fingerprint density at radius 2 is 2.12 bits per heavy atom. The van der Waals surface area contributed by atoms with Crippen LogP contribution in [0.15, 0.2) is 50.7 Å². The number of fused-ring (bicyclic) bond motifs is 3. The summed E-state index contributed by atoms with van der Waals surface area (Å²) in [4.78, 5) is 12.6. The van der Waals surface area contributed by atoms with Gasteiger partial charge in [-0.05, 0) is 19.1 Å². The molecule has 0 saturated heterocycles. The van der Waals surface area contributed by atoms with Crippen molar-refractivity contribution in [3.8, 4) is 5.75 Å². The van der Waals surface area contributed by atoms with E-state index in [0.717, 1.165) is 20.7 Å². The van der Waals surface area contributed by atoms with Crippen LogP contribution in [0.2, 0.25) is 0 Å². The second kappa shape index (κ2) is 6.97. The molecule has 0 bridgehead atoms. The predicted molar refractivity (Wildman–Crippen MR) is 104 cm³/mol. The molecular weight excluding hydrogens is 370 g/mol. The van der Waals surface area contributed by atoms with Gasteiger partial charge in [-0.1, -0.05) is 41.3 Å². The standard InChI is InChI=1S/C18H15N3O3S2/c1-10(26-18-21-19-9-25-18)17(22)20-13-8-15-12(7-16(13)23-2)11-5-3-4-6-14(11)24-15/h3-10H,1-2H3,(H,20,22). The summed E-state index contributed by atoms with van der Waals surface area (Å²) in [7, 11) is 1.58. The minimum Gasteiger partial charge on any atom is -0.495 e. The summed E-state index contributed by atoms with van der Waals surface area (Å²) >= 11 is 2.78. The highest BCUT2D eigenvalue weighted by atomic mass is 32.2. The van der Waals surface area contributed by atoms with Crippen LogP contribution in [0.1, 0.15) is 6.92 Å². The highest BCUT2D eigenvalue weighted by molar-refractivity contribution is 8.02. The summed E-state index contributed by atoms with van der Waals surface area (Å²) in [6.07, 6.45) is 0. The molecule has 0 fully saturated rings. The normalized spacial score (nSPS) is 12.4. The zero-order valence-electron chi connectivity index (χ0n) is 14.1. The first-order chi connectivity index (χ1) is 12.7. The van der Waals surface area contributed by atoms with E-state index in [1.807, 2.05) is 37.3 Å². The Hall–Kier alpha value is -2.58. The number of carbonyl (C=O) groups is 1. The summed E-state index contributed by atoms with van der Waals surface area (Å²) in [5.41, 5.74) is 3.72. The van der Waals surface area contributed by atoms with Crippen molar-refractivity contribution in [1.82, 2.24) is 10.2 Å². The molecular formula is C18H15N3O3S2. The van der Waals surface area contributed by atoms with Crippen molar-refractivity contribution in [2.75, 3.05) is 12.4 Å². The number of carbonyl (C=O) groups excluding carboxylic acids is 1. The van der Waals surface area contributed by atoms with Crippen LogP contribution in [0.5, 0.6) is 5.75 Å². The van der Waals surface area contributed by atoms with Gasteiger partial charge in [-0.2, -0.15) is 0 Å². The van der Waals surface area contributed by atoms with Crippen molar-refractivity contribution >= 4 is 56.6 Å². The number of nitrogens with zero attached hydrogens (tertiary/aromatic N) is 2. The fraction of sp³-hybridized carbons (Fsp3) is 0.167. The number of furan rings is 1. The Kier molecular flexibility index (Phi) is 4.52. The SMILES string of the molecule is COc1cc2c(cc1NC(=O)C(C)Sc1nncs1)oc1ccccc12. The molecule has 0 radical (unpaired) electrons. The van der Waals surface area contributed by atoms with Crippen molar-refractivity contribution in [2.24, 2.45) is 0 Å². The largest absolute Gasteiger partial charge is 0.495 e. The number of rotatable bonds is 5. The molecule has 132 valence electrons. The predicted octanol–water partition coefficient (Wildman–Crippen LogP) is 4.57. The highest BCUT2D eigenvalue weighted by Crippen LogP contribution is 2.36. The molecule has 1 atom stereocenters. The van der Waals surface area contributed by atoms with Crippen molar-refractivity contribution in [3.05, 3.63) is 41.9 Å².